The molecule has 1 aromatic heterocycles. The Morgan fingerprint density at radius 1 is 1.26 bits per heavy atom. The number of aryl methyl sites for hydroxylation is 1. The lowest BCUT2D eigenvalue weighted by Gasteiger charge is -2.23. The number of benzene rings is 1. The van der Waals surface area contributed by atoms with Gasteiger partial charge in [-0.15, -0.1) is 0 Å². The van der Waals surface area contributed by atoms with Gasteiger partial charge in [-0.05, 0) is 49.2 Å². The largest absolute Gasteiger partial charge is 0.507 e. The van der Waals surface area contributed by atoms with Gasteiger partial charge in [-0.1, -0.05) is 19.8 Å². The van der Waals surface area contributed by atoms with Crippen LogP contribution in [0.1, 0.15) is 49.1 Å². The Morgan fingerprint density at radius 2 is 2.04 bits per heavy atom. The minimum Gasteiger partial charge on any atom is -0.507 e. The van der Waals surface area contributed by atoms with E-state index < -0.39 is 23.5 Å². The summed E-state index contributed by atoms with van der Waals surface area (Å²) < 4.78 is 19.0. The molecule has 0 radical (unpaired) electrons. The number of hydrogen-bond donors (Lipinski definition) is 1. The second kappa shape index (κ2) is 7.78. The van der Waals surface area contributed by atoms with Gasteiger partial charge in [0.15, 0.2) is 0 Å². The summed E-state index contributed by atoms with van der Waals surface area (Å²) in [6, 6.07) is 6.62. The minimum atomic E-state index is -0.790. The number of rotatable bonds is 6. The molecule has 0 spiro atoms. The predicted molar refractivity (Wildman–Crippen MR) is 98.4 cm³/mol. The molecule has 2 aromatic rings. The highest BCUT2D eigenvalue weighted by Crippen LogP contribution is 2.39. The van der Waals surface area contributed by atoms with Crippen LogP contribution in [0.3, 0.4) is 0 Å². The third-order valence-corrected chi connectivity index (χ3v) is 4.79. The molecule has 3 rings (SSSR count). The van der Waals surface area contributed by atoms with Gasteiger partial charge in [0.25, 0.3) is 11.7 Å². The number of furan rings is 1. The summed E-state index contributed by atoms with van der Waals surface area (Å²) in [6.45, 7) is 4.01. The van der Waals surface area contributed by atoms with E-state index >= 15 is 0 Å². The smallest absolute Gasteiger partial charge is 0.295 e. The van der Waals surface area contributed by atoms with Crippen molar-refractivity contribution in [3.63, 3.8) is 0 Å². The van der Waals surface area contributed by atoms with Crippen LogP contribution in [0.25, 0.3) is 5.76 Å². The van der Waals surface area contributed by atoms with Crippen LogP contribution in [0.2, 0.25) is 0 Å². The molecule has 1 aliphatic heterocycles. The number of hydrogen-bond acceptors (Lipinski definition) is 4. The monoisotopic (exact) mass is 371 g/mol. The number of Topliss-reactive ketones (excluding diaryl/α,β-unsaturated/α-hetero) is 1. The molecule has 1 saturated heterocycles. The van der Waals surface area contributed by atoms with Gasteiger partial charge in [-0.2, -0.15) is 0 Å². The average molecular weight is 371 g/mol. The van der Waals surface area contributed by atoms with Crippen molar-refractivity contribution in [2.75, 3.05) is 6.54 Å². The van der Waals surface area contributed by atoms with E-state index in [0.29, 0.717) is 17.9 Å². The first-order chi connectivity index (χ1) is 13.0. The fourth-order valence-corrected chi connectivity index (χ4v) is 3.33. The Hall–Kier alpha value is -2.89. The maximum Gasteiger partial charge on any atom is 0.295 e. The standard InChI is InChI=1S/C21H22FNO4/c1-3-4-5-10-23-18(16-7-6-11-27-16)17(20(25)21(23)26)19(24)14-8-9-15(22)13(2)12-14/h6-9,11-12,18,24H,3-5,10H2,1-2H3/b19-17-. The molecule has 142 valence electrons. The number of nitrogens with zero attached hydrogens (tertiary/aromatic N) is 1. The molecule has 0 saturated carbocycles. The second-order valence-electron chi connectivity index (χ2n) is 6.68. The van der Waals surface area contributed by atoms with Crippen LogP contribution in [0.5, 0.6) is 0 Å². The summed E-state index contributed by atoms with van der Waals surface area (Å²) in [4.78, 5) is 26.7. The molecule has 1 fully saturated rings. The summed E-state index contributed by atoms with van der Waals surface area (Å²) in [6.07, 6.45) is 4.11. The first kappa shape index (κ1) is 18.9. The molecular formula is C21H22FNO4. The van der Waals surface area contributed by atoms with E-state index in [1.165, 1.54) is 29.4 Å². The van der Waals surface area contributed by atoms with Crippen molar-refractivity contribution < 1.29 is 23.5 Å². The fraction of sp³-hybridized carbons (Fsp3) is 0.333. The molecule has 0 bridgehead atoms. The zero-order valence-electron chi connectivity index (χ0n) is 15.4. The Morgan fingerprint density at radius 3 is 2.67 bits per heavy atom. The van der Waals surface area contributed by atoms with Gasteiger partial charge in [0.05, 0.1) is 11.8 Å². The van der Waals surface area contributed by atoms with E-state index in [1.54, 1.807) is 19.1 Å². The normalized spacial score (nSPS) is 19.1. The maximum atomic E-state index is 13.6. The topological polar surface area (TPSA) is 70.8 Å². The molecular weight excluding hydrogens is 349 g/mol. The van der Waals surface area contributed by atoms with Gasteiger partial charge in [0, 0.05) is 12.1 Å². The van der Waals surface area contributed by atoms with E-state index in [2.05, 4.69) is 6.92 Å². The number of aliphatic hydroxyl groups is 1. The van der Waals surface area contributed by atoms with E-state index in [4.69, 9.17) is 4.42 Å². The van der Waals surface area contributed by atoms with E-state index in [9.17, 15) is 19.1 Å². The Balaban J connectivity index is 2.09. The summed E-state index contributed by atoms with van der Waals surface area (Å²) >= 11 is 0. The summed E-state index contributed by atoms with van der Waals surface area (Å²) in [7, 11) is 0. The highest BCUT2D eigenvalue weighted by Gasteiger charge is 2.47. The molecule has 1 unspecified atom stereocenters. The third-order valence-electron chi connectivity index (χ3n) is 4.79. The van der Waals surface area contributed by atoms with Crippen molar-refractivity contribution >= 4 is 17.4 Å². The van der Waals surface area contributed by atoms with Crippen LogP contribution in [0, 0.1) is 12.7 Å². The molecule has 27 heavy (non-hydrogen) atoms. The Bertz CT molecular complexity index is 886. The summed E-state index contributed by atoms with van der Waals surface area (Å²) in [5.74, 6) is -1.74. The highest BCUT2D eigenvalue weighted by atomic mass is 19.1. The van der Waals surface area contributed by atoms with Crippen molar-refractivity contribution in [1.29, 1.82) is 0 Å². The van der Waals surface area contributed by atoms with Crippen molar-refractivity contribution in [3.8, 4) is 0 Å². The van der Waals surface area contributed by atoms with Crippen LogP contribution in [-0.4, -0.2) is 28.2 Å². The fourth-order valence-electron chi connectivity index (χ4n) is 3.33. The highest BCUT2D eigenvalue weighted by molar-refractivity contribution is 6.46. The van der Waals surface area contributed by atoms with Gasteiger partial charge in [-0.25, -0.2) is 4.39 Å². The van der Waals surface area contributed by atoms with Gasteiger partial charge >= 0.3 is 0 Å². The van der Waals surface area contributed by atoms with Crippen LogP contribution in [0.15, 0.2) is 46.6 Å². The van der Waals surface area contributed by atoms with E-state index in [-0.39, 0.29) is 16.9 Å². The van der Waals surface area contributed by atoms with Crippen LogP contribution < -0.4 is 0 Å². The number of carbonyl (C=O) groups is 2. The van der Waals surface area contributed by atoms with Crippen molar-refractivity contribution in [2.24, 2.45) is 0 Å². The molecule has 1 amide bonds. The van der Waals surface area contributed by atoms with E-state index in [0.717, 1.165) is 19.3 Å². The van der Waals surface area contributed by atoms with Gasteiger partial charge in [-0.3, -0.25) is 9.59 Å². The van der Waals surface area contributed by atoms with Crippen molar-refractivity contribution in [2.45, 2.75) is 39.2 Å². The number of amides is 1. The molecule has 1 aromatic carbocycles. The van der Waals surface area contributed by atoms with E-state index in [1.807, 2.05) is 0 Å². The lowest BCUT2D eigenvalue weighted by Crippen LogP contribution is -2.30. The Labute approximate surface area is 157 Å². The third kappa shape index (κ3) is 3.52. The van der Waals surface area contributed by atoms with Crippen LogP contribution in [0.4, 0.5) is 4.39 Å². The molecule has 2 heterocycles. The Kier molecular flexibility index (Phi) is 5.44. The lowest BCUT2D eigenvalue weighted by molar-refractivity contribution is -0.140. The zero-order chi connectivity index (χ0) is 19.6. The predicted octanol–water partition coefficient (Wildman–Crippen LogP) is 4.34. The van der Waals surface area contributed by atoms with Gasteiger partial charge in [0.1, 0.15) is 23.4 Å². The number of carbonyl (C=O) groups excluding carboxylic acids is 2. The van der Waals surface area contributed by atoms with Gasteiger partial charge in [0.2, 0.25) is 0 Å². The summed E-state index contributed by atoms with van der Waals surface area (Å²) in [5, 5.41) is 10.8. The van der Waals surface area contributed by atoms with Gasteiger partial charge < -0.3 is 14.4 Å². The summed E-state index contributed by atoms with van der Waals surface area (Å²) in [5.41, 5.74) is 0.597. The van der Waals surface area contributed by atoms with Crippen molar-refractivity contribution in [3.05, 3.63) is 64.9 Å². The van der Waals surface area contributed by atoms with Crippen LogP contribution in [-0.2, 0) is 9.59 Å². The number of likely N-dealkylation sites (tertiary alicyclic amines) is 1. The zero-order valence-corrected chi connectivity index (χ0v) is 15.4. The molecule has 1 aliphatic rings. The molecule has 6 heteroatoms. The average Bonchev–Trinajstić information content (AvgIpc) is 3.26. The quantitative estimate of drug-likeness (QED) is 0.355. The maximum absolute atomic E-state index is 13.6. The molecule has 1 atom stereocenters. The molecule has 0 aliphatic carbocycles. The number of unbranched alkanes of at least 4 members (excludes halogenated alkanes) is 2. The number of ketones is 1. The first-order valence-corrected chi connectivity index (χ1v) is 9.04. The SMILES string of the molecule is CCCCCN1C(=O)C(=O)/C(=C(\O)c2ccc(F)c(C)c2)C1c1ccco1. The van der Waals surface area contributed by atoms with Crippen LogP contribution >= 0.6 is 0 Å². The first-order valence-electron chi connectivity index (χ1n) is 9.04. The molecule has 5 nitrogen and oxygen atoms in total. The van der Waals surface area contributed by atoms with Crippen molar-refractivity contribution in [1.82, 2.24) is 4.90 Å². The lowest BCUT2D eigenvalue weighted by atomic mass is 9.98. The number of halogens is 1. The molecule has 1 N–H and O–H groups in total. The minimum absolute atomic E-state index is 0.0301. The number of aliphatic hydroxyl groups excluding tert-OH is 1. The second-order valence-corrected chi connectivity index (χ2v) is 6.68.